The van der Waals surface area contributed by atoms with Gasteiger partial charge in [-0.25, -0.2) is 9.48 Å². The molecular formula is C19H24N4O4. The van der Waals surface area contributed by atoms with Crippen LogP contribution in [0.1, 0.15) is 70.8 Å². The summed E-state index contributed by atoms with van der Waals surface area (Å²) >= 11 is 0. The van der Waals surface area contributed by atoms with Crippen molar-refractivity contribution in [1.29, 1.82) is 0 Å². The molecule has 1 aliphatic carbocycles. The van der Waals surface area contributed by atoms with Crippen LogP contribution in [0.3, 0.4) is 0 Å². The largest absolute Gasteiger partial charge is 0.465 e. The van der Waals surface area contributed by atoms with Gasteiger partial charge in [0.05, 0.1) is 37.0 Å². The van der Waals surface area contributed by atoms with Crippen LogP contribution in [0.4, 0.5) is 5.82 Å². The second-order valence-corrected chi connectivity index (χ2v) is 6.85. The number of anilines is 1. The molecule has 0 radical (unpaired) electrons. The van der Waals surface area contributed by atoms with Crippen LogP contribution in [0.25, 0.3) is 0 Å². The second-order valence-electron chi connectivity index (χ2n) is 6.85. The van der Waals surface area contributed by atoms with Gasteiger partial charge in [-0.1, -0.05) is 12.8 Å². The third kappa shape index (κ3) is 3.79. The second kappa shape index (κ2) is 7.77. The van der Waals surface area contributed by atoms with Crippen molar-refractivity contribution in [3.8, 4) is 0 Å². The van der Waals surface area contributed by atoms with Crippen molar-refractivity contribution >= 4 is 23.5 Å². The summed E-state index contributed by atoms with van der Waals surface area (Å²) in [6.45, 7) is 3.07. The number of esters is 1. The van der Waals surface area contributed by atoms with Gasteiger partial charge in [0.1, 0.15) is 5.82 Å². The van der Waals surface area contributed by atoms with Crippen molar-refractivity contribution < 1.29 is 19.1 Å². The molecule has 2 aromatic rings. The fourth-order valence-corrected chi connectivity index (χ4v) is 3.72. The van der Waals surface area contributed by atoms with Crippen molar-refractivity contribution in [3.63, 3.8) is 0 Å². The van der Waals surface area contributed by atoms with Crippen molar-refractivity contribution in [2.75, 3.05) is 12.4 Å². The van der Waals surface area contributed by atoms with Crippen LogP contribution >= 0.6 is 0 Å². The van der Waals surface area contributed by atoms with E-state index in [-0.39, 0.29) is 23.7 Å². The van der Waals surface area contributed by atoms with E-state index >= 15 is 0 Å². The number of rotatable bonds is 6. The maximum atomic E-state index is 12.6. The van der Waals surface area contributed by atoms with E-state index in [1.54, 1.807) is 19.2 Å². The van der Waals surface area contributed by atoms with Gasteiger partial charge in [-0.2, -0.15) is 5.10 Å². The molecule has 8 heteroatoms. The summed E-state index contributed by atoms with van der Waals surface area (Å²) in [5, 5.41) is 7.20. The number of carbonyl (C=O) groups excluding carboxylic acids is 3. The van der Waals surface area contributed by atoms with Crippen LogP contribution in [0, 0.1) is 6.92 Å². The van der Waals surface area contributed by atoms with Gasteiger partial charge in [0.25, 0.3) is 0 Å². The number of ketones is 1. The number of amides is 1. The summed E-state index contributed by atoms with van der Waals surface area (Å²) in [4.78, 5) is 39.4. The quantitative estimate of drug-likeness (QED) is 0.599. The zero-order valence-electron chi connectivity index (χ0n) is 15.8. The lowest BCUT2D eigenvalue weighted by molar-refractivity contribution is -0.115. The highest BCUT2D eigenvalue weighted by Crippen LogP contribution is 2.31. The van der Waals surface area contributed by atoms with Gasteiger partial charge in [-0.3, -0.25) is 9.59 Å². The molecule has 8 nitrogen and oxygen atoms in total. The molecule has 2 heterocycles. The van der Waals surface area contributed by atoms with Gasteiger partial charge in [0.15, 0.2) is 5.78 Å². The van der Waals surface area contributed by atoms with E-state index in [9.17, 15) is 14.4 Å². The van der Waals surface area contributed by atoms with Crippen molar-refractivity contribution in [2.45, 2.75) is 52.0 Å². The maximum absolute atomic E-state index is 12.6. The highest BCUT2D eigenvalue weighted by Gasteiger charge is 2.25. The van der Waals surface area contributed by atoms with Gasteiger partial charge in [-0.05, 0) is 25.3 Å². The van der Waals surface area contributed by atoms with E-state index in [4.69, 9.17) is 4.74 Å². The van der Waals surface area contributed by atoms with Crippen LogP contribution < -0.4 is 5.32 Å². The molecular weight excluding hydrogens is 348 g/mol. The number of nitrogens with zero attached hydrogens (tertiary/aromatic N) is 2. The third-order valence-corrected chi connectivity index (χ3v) is 5.01. The number of carbonyl (C=O) groups is 3. The van der Waals surface area contributed by atoms with Crippen LogP contribution in [-0.4, -0.2) is 39.5 Å². The first-order valence-corrected chi connectivity index (χ1v) is 9.06. The molecule has 0 saturated heterocycles. The number of hydrogen-bond acceptors (Lipinski definition) is 5. The minimum atomic E-state index is -0.574. The highest BCUT2D eigenvalue weighted by atomic mass is 16.5. The topological polar surface area (TPSA) is 106 Å². The minimum Gasteiger partial charge on any atom is -0.465 e. The molecule has 2 aromatic heterocycles. The summed E-state index contributed by atoms with van der Waals surface area (Å²) in [6, 6.07) is 2.07. The van der Waals surface area contributed by atoms with Crippen molar-refractivity contribution in [1.82, 2.24) is 14.8 Å². The first kappa shape index (κ1) is 18.9. The Bertz CT molecular complexity index is 874. The van der Waals surface area contributed by atoms with Gasteiger partial charge in [0, 0.05) is 18.7 Å². The number of aromatic nitrogens is 3. The Morgan fingerprint density at radius 2 is 2.04 bits per heavy atom. The molecule has 3 rings (SSSR count). The fourth-order valence-electron chi connectivity index (χ4n) is 3.72. The minimum absolute atomic E-state index is 0.0750. The predicted octanol–water partition coefficient (Wildman–Crippen LogP) is 2.81. The van der Waals surface area contributed by atoms with E-state index < -0.39 is 5.97 Å². The number of H-pyrrole nitrogens is 1. The molecule has 0 atom stereocenters. The van der Waals surface area contributed by atoms with Gasteiger partial charge < -0.3 is 15.0 Å². The van der Waals surface area contributed by atoms with Crippen LogP contribution in [0.5, 0.6) is 0 Å². The molecule has 0 unspecified atom stereocenters. The molecule has 1 aliphatic rings. The van der Waals surface area contributed by atoms with E-state index in [1.807, 2.05) is 4.68 Å². The number of hydrogen-bond donors (Lipinski definition) is 2. The number of nitrogens with one attached hydrogen (secondary N) is 2. The molecule has 2 N–H and O–H groups in total. The summed E-state index contributed by atoms with van der Waals surface area (Å²) in [7, 11) is 1.27. The first-order valence-electron chi connectivity index (χ1n) is 9.06. The zero-order valence-corrected chi connectivity index (χ0v) is 15.8. The third-order valence-electron chi connectivity index (χ3n) is 5.01. The molecule has 27 heavy (non-hydrogen) atoms. The van der Waals surface area contributed by atoms with Gasteiger partial charge in [-0.15, -0.1) is 0 Å². The number of methoxy groups -OCH3 is 1. The lowest BCUT2D eigenvalue weighted by Crippen LogP contribution is -2.20. The average molecular weight is 372 g/mol. The standard InChI is InChI=1S/C19H24N4O4/c1-11-17(19(26)27-3)14(21-18(11)12(2)24)10-16(25)22-15-8-9-20-23(15)13-6-4-5-7-13/h8-9,13,21H,4-7,10H2,1-3H3,(H,22,25). The highest BCUT2D eigenvalue weighted by molar-refractivity contribution is 6.02. The van der Waals surface area contributed by atoms with Crippen molar-refractivity contribution in [3.05, 3.63) is 34.8 Å². The Morgan fingerprint density at radius 3 is 2.67 bits per heavy atom. The predicted molar refractivity (Wildman–Crippen MR) is 98.9 cm³/mol. The smallest absolute Gasteiger partial charge is 0.339 e. The molecule has 0 bridgehead atoms. The molecule has 0 aliphatic heterocycles. The Morgan fingerprint density at radius 1 is 1.33 bits per heavy atom. The lowest BCUT2D eigenvalue weighted by Gasteiger charge is -2.14. The normalized spacial score (nSPS) is 14.3. The fraction of sp³-hybridized carbons (Fsp3) is 0.474. The monoisotopic (exact) mass is 372 g/mol. The lowest BCUT2D eigenvalue weighted by atomic mass is 10.1. The summed E-state index contributed by atoms with van der Waals surface area (Å²) < 4.78 is 6.66. The van der Waals surface area contributed by atoms with Crippen LogP contribution in [0.2, 0.25) is 0 Å². The summed E-state index contributed by atoms with van der Waals surface area (Å²) in [6.07, 6.45) is 6.02. The number of aromatic amines is 1. The molecule has 1 saturated carbocycles. The van der Waals surface area contributed by atoms with E-state index in [0.29, 0.717) is 28.8 Å². The van der Waals surface area contributed by atoms with Crippen molar-refractivity contribution in [2.24, 2.45) is 0 Å². The van der Waals surface area contributed by atoms with Gasteiger partial charge >= 0.3 is 5.97 Å². The summed E-state index contributed by atoms with van der Waals surface area (Å²) in [5.74, 6) is -0.434. The number of Topliss-reactive ketones (excluding diaryl/α,β-unsaturated/α-hetero) is 1. The molecule has 0 aromatic carbocycles. The summed E-state index contributed by atoms with van der Waals surface area (Å²) in [5.41, 5.74) is 1.42. The Labute approximate surface area is 157 Å². The molecule has 0 spiro atoms. The van der Waals surface area contributed by atoms with E-state index in [1.165, 1.54) is 14.0 Å². The Balaban J connectivity index is 1.80. The Hall–Kier alpha value is -2.90. The molecule has 1 fully saturated rings. The number of ether oxygens (including phenoxy) is 1. The van der Waals surface area contributed by atoms with E-state index in [0.717, 1.165) is 25.7 Å². The Kier molecular flexibility index (Phi) is 5.43. The average Bonchev–Trinajstić information content (AvgIpc) is 3.34. The maximum Gasteiger partial charge on any atom is 0.339 e. The SMILES string of the molecule is COC(=O)c1c(CC(=O)Nc2ccnn2C2CCCC2)[nH]c(C(C)=O)c1C. The molecule has 1 amide bonds. The first-order chi connectivity index (χ1) is 12.9. The zero-order chi connectivity index (χ0) is 19.6. The van der Waals surface area contributed by atoms with Crippen LogP contribution in [-0.2, 0) is 16.0 Å². The molecule has 144 valence electrons. The van der Waals surface area contributed by atoms with Crippen LogP contribution in [0.15, 0.2) is 12.3 Å². The van der Waals surface area contributed by atoms with Gasteiger partial charge in [0.2, 0.25) is 5.91 Å². The van der Waals surface area contributed by atoms with E-state index in [2.05, 4.69) is 15.4 Å².